The van der Waals surface area contributed by atoms with E-state index in [0.717, 1.165) is 16.1 Å². The van der Waals surface area contributed by atoms with Crippen LogP contribution in [0.4, 0.5) is 10.1 Å². The van der Waals surface area contributed by atoms with E-state index in [1.165, 1.54) is 42.3 Å². The Balaban J connectivity index is 2.43. The van der Waals surface area contributed by atoms with Crippen molar-refractivity contribution < 1.29 is 22.4 Å². The van der Waals surface area contributed by atoms with Crippen molar-refractivity contribution in [2.24, 2.45) is 0 Å². The molecule has 0 aromatic heterocycles. The van der Waals surface area contributed by atoms with Crippen molar-refractivity contribution >= 4 is 39.1 Å². The maximum absolute atomic E-state index is 13.4. The zero-order valence-corrected chi connectivity index (χ0v) is 20.0. The van der Waals surface area contributed by atoms with Crippen LogP contribution in [0.3, 0.4) is 0 Å². The van der Waals surface area contributed by atoms with Gasteiger partial charge < -0.3 is 10.2 Å². The van der Waals surface area contributed by atoms with Crippen LogP contribution in [0.15, 0.2) is 42.5 Å². The molecule has 2 aromatic rings. The van der Waals surface area contributed by atoms with E-state index in [-0.39, 0.29) is 18.1 Å². The van der Waals surface area contributed by atoms with E-state index in [4.69, 9.17) is 11.6 Å². The van der Waals surface area contributed by atoms with Gasteiger partial charge in [0.1, 0.15) is 18.4 Å². The number of rotatable bonds is 9. The van der Waals surface area contributed by atoms with Crippen LogP contribution in [-0.4, -0.2) is 51.0 Å². The molecule has 0 saturated heterocycles. The second-order valence-corrected chi connectivity index (χ2v) is 9.70. The van der Waals surface area contributed by atoms with Gasteiger partial charge in [0, 0.05) is 18.6 Å². The molecule has 0 radical (unpaired) electrons. The Hall–Kier alpha value is -2.65. The lowest BCUT2D eigenvalue weighted by molar-refractivity contribution is -0.140. The van der Waals surface area contributed by atoms with Crippen LogP contribution in [0.5, 0.6) is 0 Å². The zero-order valence-electron chi connectivity index (χ0n) is 18.4. The third-order valence-electron chi connectivity index (χ3n) is 5.02. The van der Waals surface area contributed by atoms with Crippen molar-refractivity contribution in [3.05, 3.63) is 64.4 Å². The number of amides is 2. The van der Waals surface area contributed by atoms with E-state index in [1.54, 1.807) is 26.0 Å². The highest BCUT2D eigenvalue weighted by atomic mass is 35.5. The number of sulfonamides is 1. The van der Waals surface area contributed by atoms with Gasteiger partial charge in [0.15, 0.2) is 0 Å². The molecular formula is C22H27ClFN3O4S. The first kappa shape index (κ1) is 25.6. The topological polar surface area (TPSA) is 86.8 Å². The largest absolute Gasteiger partial charge is 0.357 e. The monoisotopic (exact) mass is 483 g/mol. The summed E-state index contributed by atoms with van der Waals surface area (Å²) in [7, 11) is -2.37. The summed E-state index contributed by atoms with van der Waals surface area (Å²) in [5.74, 6) is -1.39. The first-order chi connectivity index (χ1) is 15.0. The van der Waals surface area contributed by atoms with Gasteiger partial charge in [-0.2, -0.15) is 0 Å². The first-order valence-electron chi connectivity index (χ1n) is 9.97. The molecule has 0 bridgehead atoms. The van der Waals surface area contributed by atoms with Crippen molar-refractivity contribution in [1.82, 2.24) is 10.2 Å². The smallest absolute Gasteiger partial charge is 0.244 e. The van der Waals surface area contributed by atoms with Gasteiger partial charge in [-0.05, 0) is 48.7 Å². The van der Waals surface area contributed by atoms with Crippen LogP contribution in [-0.2, 0) is 26.2 Å². The number of benzene rings is 2. The molecule has 1 N–H and O–H groups in total. The zero-order chi connectivity index (χ0) is 24.1. The van der Waals surface area contributed by atoms with Gasteiger partial charge in [-0.1, -0.05) is 36.7 Å². The highest BCUT2D eigenvalue weighted by Crippen LogP contribution is 2.25. The van der Waals surface area contributed by atoms with E-state index in [0.29, 0.717) is 17.0 Å². The SMILES string of the molecule is CC[C@@H](C(=O)NC)N(Cc1ccc(F)cc1)C(=O)CN(c1ccc(C)c(Cl)c1)S(C)(=O)=O. The molecular weight excluding hydrogens is 457 g/mol. The number of aryl methyl sites for hydroxylation is 1. The minimum Gasteiger partial charge on any atom is -0.357 e. The molecule has 0 unspecified atom stereocenters. The molecule has 2 amide bonds. The third kappa shape index (κ3) is 6.43. The van der Waals surface area contributed by atoms with Gasteiger partial charge in [-0.15, -0.1) is 0 Å². The molecule has 0 aliphatic carbocycles. The van der Waals surface area contributed by atoms with Gasteiger partial charge >= 0.3 is 0 Å². The summed E-state index contributed by atoms with van der Waals surface area (Å²) in [5.41, 5.74) is 1.61. The van der Waals surface area contributed by atoms with Crippen molar-refractivity contribution in [1.29, 1.82) is 0 Å². The minimum absolute atomic E-state index is 0.0112. The molecule has 1 atom stereocenters. The molecule has 2 aromatic carbocycles. The fraction of sp³-hybridized carbons (Fsp3) is 0.364. The van der Waals surface area contributed by atoms with Crippen molar-refractivity contribution in [2.75, 3.05) is 24.2 Å². The lowest BCUT2D eigenvalue weighted by atomic mass is 10.1. The molecule has 7 nitrogen and oxygen atoms in total. The van der Waals surface area contributed by atoms with Crippen LogP contribution in [0.2, 0.25) is 5.02 Å². The Bertz CT molecular complexity index is 1080. The molecule has 10 heteroatoms. The Morgan fingerprint density at radius 1 is 1.16 bits per heavy atom. The third-order valence-corrected chi connectivity index (χ3v) is 6.57. The first-order valence-corrected chi connectivity index (χ1v) is 12.2. The number of nitrogens with zero attached hydrogens (tertiary/aromatic N) is 2. The Morgan fingerprint density at radius 3 is 2.28 bits per heavy atom. The molecule has 32 heavy (non-hydrogen) atoms. The lowest BCUT2D eigenvalue weighted by Crippen LogP contribution is -2.51. The standard InChI is InChI=1S/C22H27ClFN3O4S/c1-5-20(22(29)25-3)26(13-16-7-9-17(24)10-8-16)21(28)14-27(32(4,30)31)18-11-6-15(2)19(23)12-18/h6-12,20H,5,13-14H2,1-4H3,(H,25,29)/t20-/m0/s1. The normalized spacial score (nSPS) is 12.2. The molecule has 0 heterocycles. The second kappa shape index (κ2) is 10.8. The second-order valence-electron chi connectivity index (χ2n) is 7.39. The number of nitrogens with one attached hydrogen (secondary N) is 1. The van der Waals surface area contributed by atoms with Gasteiger partial charge in [0.25, 0.3) is 0 Å². The van der Waals surface area contributed by atoms with Crippen LogP contribution in [0, 0.1) is 12.7 Å². The lowest BCUT2D eigenvalue weighted by Gasteiger charge is -2.32. The average molecular weight is 484 g/mol. The number of likely N-dealkylation sites (N-methyl/N-ethyl adjacent to an activating group) is 1. The summed E-state index contributed by atoms with van der Waals surface area (Å²) in [6.45, 7) is 3.02. The summed E-state index contributed by atoms with van der Waals surface area (Å²) < 4.78 is 39.3. The van der Waals surface area contributed by atoms with E-state index < -0.39 is 34.3 Å². The van der Waals surface area contributed by atoms with Crippen LogP contribution in [0.1, 0.15) is 24.5 Å². The average Bonchev–Trinajstić information content (AvgIpc) is 2.74. The van der Waals surface area contributed by atoms with E-state index in [2.05, 4.69) is 5.32 Å². The number of hydrogen-bond donors (Lipinski definition) is 1. The van der Waals surface area contributed by atoms with E-state index in [1.807, 2.05) is 0 Å². The summed E-state index contributed by atoms with van der Waals surface area (Å²) in [4.78, 5) is 27.1. The highest BCUT2D eigenvalue weighted by Gasteiger charge is 2.31. The van der Waals surface area contributed by atoms with Gasteiger partial charge in [-0.25, -0.2) is 12.8 Å². The van der Waals surface area contributed by atoms with Crippen LogP contribution in [0.25, 0.3) is 0 Å². The molecule has 2 rings (SSSR count). The van der Waals surface area contributed by atoms with Crippen LogP contribution < -0.4 is 9.62 Å². The number of carbonyl (C=O) groups excluding carboxylic acids is 2. The molecule has 0 spiro atoms. The van der Waals surface area contributed by atoms with Crippen molar-refractivity contribution in [3.8, 4) is 0 Å². The summed E-state index contributed by atoms with van der Waals surface area (Å²) in [5, 5.41) is 2.90. The minimum atomic E-state index is -3.84. The molecule has 174 valence electrons. The molecule has 0 aliphatic rings. The number of anilines is 1. The predicted octanol–water partition coefficient (Wildman–Crippen LogP) is 3.11. The number of halogens is 2. The molecule has 0 saturated carbocycles. The summed E-state index contributed by atoms with van der Waals surface area (Å²) in [6.07, 6.45) is 1.30. The van der Waals surface area contributed by atoms with Crippen molar-refractivity contribution in [3.63, 3.8) is 0 Å². The maximum atomic E-state index is 13.4. The number of carbonyl (C=O) groups is 2. The predicted molar refractivity (Wildman–Crippen MR) is 123 cm³/mol. The van der Waals surface area contributed by atoms with Gasteiger partial charge in [0.05, 0.1) is 11.9 Å². The van der Waals surface area contributed by atoms with E-state index >= 15 is 0 Å². The van der Waals surface area contributed by atoms with Crippen LogP contribution >= 0.6 is 11.6 Å². The maximum Gasteiger partial charge on any atom is 0.244 e. The molecule has 0 fully saturated rings. The summed E-state index contributed by atoms with van der Waals surface area (Å²) >= 11 is 6.16. The fourth-order valence-corrected chi connectivity index (χ4v) is 4.24. The Kier molecular flexibility index (Phi) is 8.63. The van der Waals surface area contributed by atoms with Crippen molar-refractivity contribution in [2.45, 2.75) is 32.9 Å². The Morgan fingerprint density at radius 2 is 1.78 bits per heavy atom. The Labute approximate surface area is 193 Å². The fourth-order valence-electron chi connectivity index (χ4n) is 3.22. The quantitative estimate of drug-likeness (QED) is 0.593. The number of hydrogen-bond acceptors (Lipinski definition) is 4. The summed E-state index contributed by atoms with van der Waals surface area (Å²) in [6, 6.07) is 9.42. The van der Waals surface area contributed by atoms with Gasteiger partial charge in [-0.3, -0.25) is 13.9 Å². The van der Waals surface area contributed by atoms with E-state index in [9.17, 15) is 22.4 Å². The highest BCUT2D eigenvalue weighted by molar-refractivity contribution is 7.92. The van der Waals surface area contributed by atoms with Gasteiger partial charge in [0.2, 0.25) is 21.8 Å². The molecule has 0 aliphatic heterocycles.